The van der Waals surface area contributed by atoms with Crippen LogP contribution < -0.4 is 20.7 Å². The molecule has 1 unspecified atom stereocenters. The van der Waals surface area contributed by atoms with E-state index in [1.54, 1.807) is 12.1 Å². The van der Waals surface area contributed by atoms with Gasteiger partial charge in [-0.2, -0.15) is 8.78 Å². The molecule has 0 saturated heterocycles. The van der Waals surface area contributed by atoms with Crippen molar-refractivity contribution >= 4 is 29.9 Å². The van der Waals surface area contributed by atoms with E-state index in [1.165, 1.54) is 12.1 Å². The van der Waals surface area contributed by atoms with Crippen LogP contribution in [0.25, 0.3) is 0 Å². The molecule has 1 aromatic rings. The lowest BCUT2D eigenvalue weighted by molar-refractivity contribution is -0.0498. The summed E-state index contributed by atoms with van der Waals surface area (Å²) in [4.78, 5) is 4.36. The topological polar surface area (TPSA) is 77.9 Å². The van der Waals surface area contributed by atoms with Crippen LogP contribution in [0.3, 0.4) is 0 Å². The molecule has 0 spiro atoms. The van der Waals surface area contributed by atoms with Crippen molar-refractivity contribution in [3.63, 3.8) is 0 Å². The largest absolute Gasteiger partial charge is 0.435 e. The van der Waals surface area contributed by atoms with Gasteiger partial charge in [0, 0.05) is 25.2 Å². The Bertz CT molecular complexity index is 551. The Morgan fingerprint density at radius 1 is 1.15 bits per heavy atom. The van der Waals surface area contributed by atoms with Gasteiger partial charge in [-0.1, -0.05) is 12.1 Å². The predicted molar refractivity (Wildman–Crippen MR) is 115 cm³/mol. The summed E-state index contributed by atoms with van der Waals surface area (Å²) in [6.07, 6.45) is -0.834. The van der Waals surface area contributed by atoms with Gasteiger partial charge in [0.1, 0.15) is 5.75 Å². The maximum absolute atomic E-state index is 12.1. The summed E-state index contributed by atoms with van der Waals surface area (Å²) in [6.45, 7) is 7.72. The molecule has 0 bridgehead atoms. The van der Waals surface area contributed by atoms with Crippen LogP contribution in [0.1, 0.15) is 39.4 Å². The molecule has 1 aromatic carbocycles. The molecular formula is C18H31F2IN4O2. The molecule has 1 rings (SSSR count). The summed E-state index contributed by atoms with van der Waals surface area (Å²) >= 11 is 0. The number of nitrogens with one attached hydrogen (secondary N) is 3. The zero-order valence-electron chi connectivity index (χ0n) is 16.3. The first-order chi connectivity index (χ1) is 12.2. The standard InChI is InChI=1S/C18H30F2N4O2.HI/c1-5-21-17(22-10-11-24-18(2,3)4)23-12-15(25)13-6-8-14(9-7-13)26-16(19)20;/h6-9,15-16,24-25H,5,10-12H2,1-4H3,(H2,21,22,23);1H. The van der Waals surface area contributed by atoms with E-state index in [1.807, 2.05) is 6.92 Å². The Morgan fingerprint density at radius 2 is 1.78 bits per heavy atom. The third kappa shape index (κ3) is 12.0. The van der Waals surface area contributed by atoms with Crippen LogP contribution in [0.4, 0.5) is 8.78 Å². The number of benzene rings is 1. The Morgan fingerprint density at radius 3 is 2.30 bits per heavy atom. The van der Waals surface area contributed by atoms with Gasteiger partial charge < -0.3 is 25.8 Å². The van der Waals surface area contributed by atoms with Crippen LogP contribution in [-0.4, -0.2) is 49.4 Å². The van der Waals surface area contributed by atoms with Gasteiger partial charge in [0.2, 0.25) is 0 Å². The van der Waals surface area contributed by atoms with E-state index in [0.717, 1.165) is 6.54 Å². The van der Waals surface area contributed by atoms with Crippen LogP contribution in [-0.2, 0) is 0 Å². The van der Waals surface area contributed by atoms with Crippen molar-refractivity contribution in [2.45, 2.75) is 45.9 Å². The zero-order chi connectivity index (χ0) is 19.6. The fourth-order valence-electron chi connectivity index (χ4n) is 2.11. The molecule has 0 aliphatic rings. The first kappa shape index (κ1) is 25.8. The second kappa shape index (κ2) is 13.1. The second-order valence-corrected chi connectivity index (χ2v) is 6.79. The number of alkyl halides is 2. The fourth-order valence-corrected chi connectivity index (χ4v) is 2.11. The van der Waals surface area contributed by atoms with Gasteiger partial charge >= 0.3 is 6.61 Å². The van der Waals surface area contributed by atoms with Crippen molar-refractivity contribution < 1.29 is 18.6 Å². The number of aliphatic hydroxyl groups excluding tert-OH is 1. The van der Waals surface area contributed by atoms with Crippen molar-refractivity contribution in [3.05, 3.63) is 29.8 Å². The molecule has 0 saturated carbocycles. The fraction of sp³-hybridized carbons (Fsp3) is 0.611. The molecule has 156 valence electrons. The number of hydrogen-bond acceptors (Lipinski definition) is 4. The SMILES string of the molecule is CCNC(=NCC(O)c1ccc(OC(F)F)cc1)NCCNC(C)(C)C.I. The van der Waals surface area contributed by atoms with Gasteiger partial charge in [0.15, 0.2) is 5.96 Å². The van der Waals surface area contributed by atoms with Crippen molar-refractivity contribution in [2.75, 3.05) is 26.2 Å². The molecule has 0 heterocycles. The van der Waals surface area contributed by atoms with Crippen molar-refractivity contribution in [1.82, 2.24) is 16.0 Å². The Kier molecular flexibility index (Phi) is 12.5. The highest BCUT2D eigenvalue weighted by Gasteiger charge is 2.10. The molecule has 0 aliphatic heterocycles. The molecule has 4 N–H and O–H groups in total. The monoisotopic (exact) mass is 500 g/mol. The summed E-state index contributed by atoms with van der Waals surface area (Å²) in [5, 5.41) is 19.9. The van der Waals surface area contributed by atoms with Crippen LogP contribution in [0, 0.1) is 0 Å². The molecule has 6 nitrogen and oxygen atoms in total. The highest BCUT2D eigenvalue weighted by atomic mass is 127. The van der Waals surface area contributed by atoms with Crippen molar-refractivity contribution in [1.29, 1.82) is 0 Å². The Labute approximate surface area is 177 Å². The van der Waals surface area contributed by atoms with E-state index in [-0.39, 0.29) is 41.8 Å². The zero-order valence-corrected chi connectivity index (χ0v) is 18.6. The van der Waals surface area contributed by atoms with Crippen molar-refractivity contribution in [3.8, 4) is 5.75 Å². The Hall–Kier alpha value is -1.20. The molecule has 27 heavy (non-hydrogen) atoms. The minimum Gasteiger partial charge on any atom is -0.435 e. The second-order valence-electron chi connectivity index (χ2n) is 6.79. The van der Waals surface area contributed by atoms with Crippen LogP contribution in [0.5, 0.6) is 5.75 Å². The molecule has 1 atom stereocenters. The van der Waals surface area contributed by atoms with Gasteiger partial charge in [-0.25, -0.2) is 0 Å². The minimum atomic E-state index is -2.86. The highest BCUT2D eigenvalue weighted by Crippen LogP contribution is 2.19. The van der Waals surface area contributed by atoms with Crippen LogP contribution >= 0.6 is 24.0 Å². The molecule has 0 fully saturated rings. The molecule has 0 aliphatic carbocycles. The van der Waals surface area contributed by atoms with E-state index >= 15 is 0 Å². The van der Waals surface area contributed by atoms with E-state index in [4.69, 9.17) is 0 Å². The number of guanidine groups is 1. The van der Waals surface area contributed by atoms with Crippen molar-refractivity contribution in [2.24, 2.45) is 4.99 Å². The average molecular weight is 500 g/mol. The maximum atomic E-state index is 12.1. The van der Waals surface area contributed by atoms with Crippen LogP contribution in [0.2, 0.25) is 0 Å². The van der Waals surface area contributed by atoms with Gasteiger partial charge in [0.05, 0.1) is 12.6 Å². The molecule has 0 amide bonds. The number of halogens is 3. The van der Waals surface area contributed by atoms with Gasteiger partial charge in [-0.05, 0) is 45.4 Å². The number of aliphatic imine (C=N–C) groups is 1. The first-order valence-corrected chi connectivity index (χ1v) is 8.71. The summed E-state index contributed by atoms with van der Waals surface area (Å²) in [7, 11) is 0. The molecule has 0 radical (unpaired) electrons. The van der Waals surface area contributed by atoms with Gasteiger partial charge in [-0.15, -0.1) is 24.0 Å². The number of hydrogen-bond donors (Lipinski definition) is 4. The Balaban J connectivity index is 0.00000676. The molecule has 9 heteroatoms. The molecular weight excluding hydrogens is 469 g/mol. The summed E-state index contributed by atoms with van der Waals surface area (Å²) in [5.74, 6) is 0.667. The molecule has 0 aromatic heterocycles. The first-order valence-electron chi connectivity index (χ1n) is 8.71. The lowest BCUT2D eigenvalue weighted by Crippen LogP contribution is -2.44. The summed E-state index contributed by atoms with van der Waals surface area (Å²) in [6, 6.07) is 5.89. The third-order valence-corrected chi connectivity index (χ3v) is 3.33. The smallest absolute Gasteiger partial charge is 0.387 e. The normalized spacial score (nSPS) is 13.1. The number of aliphatic hydroxyl groups is 1. The number of rotatable bonds is 9. The van der Waals surface area contributed by atoms with E-state index in [2.05, 4.69) is 46.5 Å². The maximum Gasteiger partial charge on any atom is 0.387 e. The number of nitrogens with zero attached hydrogens (tertiary/aromatic N) is 1. The van der Waals surface area contributed by atoms with Gasteiger partial charge in [0.25, 0.3) is 0 Å². The lowest BCUT2D eigenvalue weighted by Gasteiger charge is -2.21. The average Bonchev–Trinajstić information content (AvgIpc) is 2.55. The minimum absolute atomic E-state index is 0. The van der Waals surface area contributed by atoms with Crippen LogP contribution in [0.15, 0.2) is 29.3 Å². The lowest BCUT2D eigenvalue weighted by atomic mass is 10.1. The highest BCUT2D eigenvalue weighted by molar-refractivity contribution is 14.0. The third-order valence-electron chi connectivity index (χ3n) is 3.33. The van der Waals surface area contributed by atoms with E-state index in [9.17, 15) is 13.9 Å². The number of ether oxygens (including phenoxy) is 1. The summed E-state index contributed by atoms with van der Waals surface area (Å²) in [5.41, 5.74) is 0.633. The summed E-state index contributed by atoms with van der Waals surface area (Å²) < 4.78 is 28.6. The van der Waals surface area contributed by atoms with Gasteiger partial charge in [-0.3, -0.25) is 4.99 Å². The quantitative estimate of drug-likeness (QED) is 0.182. The van der Waals surface area contributed by atoms with E-state index in [0.29, 0.717) is 24.6 Å². The predicted octanol–water partition coefficient (Wildman–Crippen LogP) is 2.88. The van der Waals surface area contributed by atoms with E-state index < -0.39 is 12.7 Å².